The van der Waals surface area contributed by atoms with Crippen LogP contribution in [-0.4, -0.2) is 5.97 Å². The van der Waals surface area contributed by atoms with Crippen LogP contribution in [0, 0.1) is 5.92 Å². The number of rotatable bonds is 3. The van der Waals surface area contributed by atoms with Gasteiger partial charge in [-0.1, -0.05) is 71.6 Å². The number of allylic oxidation sites excluding steroid dienone is 2. The molecule has 0 heterocycles. The van der Waals surface area contributed by atoms with Crippen molar-refractivity contribution in [2.75, 3.05) is 0 Å². The lowest BCUT2D eigenvalue weighted by Crippen LogP contribution is -2.05. The largest absolute Gasteiger partial charge is 0.431 e. The Balaban J connectivity index is 2.52. The number of ether oxygens (including phenoxy) is 1. The van der Waals surface area contributed by atoms with E-state index in [1.807, 2.05) is 6.92 Å². The van der Waals surface area contributed by atoms with Gasteiger partial charge in [0, 0.05) is 12.8 Å². The van der Waals surface area contributed by atoms with Crippen LogP contribution in [0.5, 0.6) is 0 Å². The molecule has 1 rings (SSSR count). The number of esters is 1. The van der Waals surface area contributed by atoms with Gasteiger partial charge in [0.2, 0.25) is 0 Å². The van der Waals surface area contributed by atoms with E-state index in [9.17, 15) is 4.79 Å². The summed E-state index contributed by atoms with van der Waals surface area (Å²) in [5.74, 6) is 1.40. The Kier molecular flexibility index (Phi) is 11.1. The predicted octanol–water partition coefficient (Wildman–Crippen LogP) is 6.54. The van der Waals surface area contributed by atoms with E-state index in [0.717, 1.165) is 25.0 Å². The van der Waals surface area contributed by atoms with Crippen LogP contribution in [0.15, 0.2) is 11.8 Å². The maximum absolute atomic E-state index is 11.8. The van der Waals surface area contributed by atoms with Gasteiger partial charge in [-0.15, -0.1) is 0 Å². The fraction of sp³-hybridized carbons (Fsp3) is 0.850. The highest BCUT2D eigenvalue weighted by Gasteiger charge is 2.09. The molecule has 2 heteroatoms. The van der Waals surface area contributed by atoms with Crippen molar-refractivity contribution < 1.29 is 9.53 Å². The van der Waals surface area contributed by atoms with Gasteiger partial charge < -0.3 is 4.74 Å². The first kappa shape index (κ1) is 19.3. The van der Waals surface area contributed by atoms with E-state index in [2.05, 4.69) is 13.0 Å². The van der Waals surface area contributed by atoms with Crippen molar-refractivity contribution in [2.45, 2.75) is 104 Å². The molecular formula is C20H36O2. The highest BCUT2D eigenvalue weighted by Crippen LogP contribution is 2.20. The summed E-state index contributed by atoms with van der Waals surface area (Å²) < 4.78 is 5.61. The summed E-state index contributed by atoms with van der Waals surface area (Å²) in [6.45, 7) is 4.28. The van der Waals surface area contributed by atoms with Gasteiger partial charge in [-0.05, 0) is 31.3 Å². The normalized spacial score (nSPS) is 23.0. The fourth-order valence-corrected chi connectivity index (χ4v) is 3.15. The van der Waals surface area contributed by atoms with E-state index in [4.69, 9.17) is 4.74 Å². The van der Waals surface area contributed by atoms with Gasteiger partial charge in [0.1, 0.15) is 5.76 Å². The fourth-order valence-electron chi connectivity index (χ4n) is 3.15. The molecule has 2 nitrogen and oxygen atoms in total. The highest BCUT2D eigenvalue weighted by atomic mass is 16.5. The zero-order valence-electron chi connectivity index (χ0n) is 14.9. The van der Waals surface area contributed by atoms with Crippen LogP contribution in [0.1, 0.15) is 104 Å². The number of carbonyl (C=O) groups excluding carboxylic acids is 1. The smallest absolute Gasteiger partial charge is 0.310 e. The molecule has 0 aromatic heterocycles. The van der Waals surface area contributed by atoms with Crippen LogP contribution in [-0.2, 0) is 9.53 Å². The predicted molar refractivity (Wildman–Crippen MR) is 93.7 cm³/mol. The number of hydrogen-bond donors (Lipinski definition) is 0. The summed E-state index contributed by atoms with van der Waals surface area (Å²) in [6.07, 6.45) is 19.1. The third-order valence-corrected chi connectivity index (χ3v) is 4.50. The summed E-state index contributed by atoms with van der Waals surface area (Å²) in [4.78, 5) is 11.8. The van der Waals surface area contributed by atoms with Gasteiger partial charge in [0.15, 0.2) is 0 Å². The van der Waals surface area contributed by atoms with E-state index in [0.29, 0.717) is 12.3 Å². The topological polar surface area (TPSA) is 26.3 Å². The van der Waals surface area contributed by atoms with Crippen LogP contribution >= 0.6 is 0 Å². The number of carbonyl (C=O) groups is 1. The average Bonchev–Trinajstić information content (AvgIpc) is 2.48. The van der Waals surface area contributed by atoms with E-state index >= 15 is 0 Å². The molecule has 1 aliphatic carbocycles. The van der Waals surface area contributed by atoms with Crippen molar-refractivity contribution in [3.05, 3.63) is 11.8 Å². The SMILES string of the molecule is CCCC(=O)OC1=CC(C)CCCCCCCCCCCC1. The Bertz CT molecular complexity index is 320. The van der Waals surface area contributed by atoms with E-state index in [1.165, 1.54) is 64.2 Å². The van der Waals surface area contributed by atoms with Gasteiger partial charge in [-0.3, -0.25) is 4.79 Å². The monoisotopic (exact) mass is 308 g/mol. The first-order chi connectivity index (χ1) is 10.7. The second kappa shape index (κ2) is 12.7. The molecule has 0 bridgehead atoms. The summed E-state index contributed by atoms with van der Waals surface area (Å²) in [6, 6.07) is 0. The van der Waals surface area contributed by atoms with Crippen LogP contribution in [0.25, 0.3) is 0 Å². The molecule has 0 saturated heterocycles. The molecule has 22 heavy (non-hydrogen) atoms. The minimum absolute atomic E-state index is 0.0566. The standard InChI is InChI=1S/C20H36O2/c1-3-14-20(21)22-19-16-13-11-9-7-5-4-6-8-10-12-15-18(2)17-19/h17-18H,3-16H2,1-2H3. The molecule has 1 atom stereocenters. The zero-order chi connectivity index (χ0) is 16.0. The van der Waals surface area contributed by atoms with Gasteiger partial charge in [-0.2, -0.15) is 0 Å². The van der Waals surface area contributed by atoms with Crippen LogP contribution in [0.3, 0.4) is 0 Å². The first-order valence-electron chi connectivity index (χ1n) is 9.63. The molecule has 1 aliphatic rings. The van der Waals surface area contributed by atoms with Crippen molar-refractivity contribution in [3.63, 3.8) is 0 Å². The van der Waals surface area contributed by atoms with Crippen LogP contribution in [0.2, 0.25) is 0 Å². The zero-order valence-corrected chi connectivity index (χ0v) is 14.9. The highest BCUT2D eigenvalue weighted by molar-refractivity contribution is 5.70. The Morgan fingerprint density at radius 3 is 2.14 bits per heavy atom. The molecule has 0 aliphatic heterocycles. The maximum atomic E-state index is 11.8. The molecule has 0 N–H and O–H groups in total. The molecule has 128 valence electrons. The van der Waals surface area contributed by atoms with Crippen molar-refractivity contribution in [3.8, 4) is 0 Å². The first-order valence-corrected chi connectivity index (χ1v) is 9.63. The van der Waals surface area contributed by atoms with E-state index in [1.54, 1.807) is 0 Å². The summed E-state index contributed by atoms with van der Waals surface area (Å²) in [7, 11) is 0. The van der Waals surface area contributed by atoms with Gasteiger partial charge in [-0.25, -0.2) is 0 Å². The van der Waals surface area contributed by atoms with Crippen molar-refractivity contribution >= 4 is 5.97 Å². The van der Waals surface area contributed by atoms with E-state index < -0.39 is 0 Å². The van der Waals surface area contributed by atoms with Crippen LogP contribution in [0.4, 0.5) is 0 Å². The molecule has 0 spiro atoms. The minimum atomic E-state index is -0.0566. The number of hydrogen-bond acceptors (Lipinski definition) is 2. The third kappa shape index (κ3) is 10.0. The minimum Gasteiger partial charge on any atom is -0.431 e. The quantitative estimate of drug-likeness (QED) is 0.553. The maximum Gasteiger partial charge on any atom is 0.310 e. The summed E-state index contributed by atoms with van der Waals surface area (Å²) >= 11 is 0. The third-order valence-electron chi connectivity index (χ3n) is 4.50. The Morgan fingerprint density at radius 2 is 1.55 bits per heavy atom. The van der Waals surface area contributed by atoms with Crippen molar-refractivity contribution in [2.24, 2.45) is 5.92 Å². The molecule has 0 fully saturated rings. The lowest BCUT2D eigenvalue weighted by molar-refractivity contribution is -0.139. The molecule has 0 saturated carbocycles. The second-order valence-corrected chi connectivity index (χ2v) is 6.91. The molecule has 0 radical (unpaired) electrons. The van der Waals surface area contributed by atoms with Crippen molar-refractivity contribution in [1.82, 2.24) is 0 Å². The van der Waals surface area contributed by atoms with Gasteiger partial charge >= 0.3 is 5.97 Å². The molecule has 0 aromatic rings. The van der Waals surface area contributed by atoms with E-state index in [-0.39, 0.29) is 5.97 Å². The van der Waals surface area contributed by atoms with Gasteiger partial charge in [0.05, 0.1) is 0 Å². The van der Waals surface area contributed by atoms with Gasteiger partial charge in [0.25, 0.3) is 0 Å². The summed E-state index contributed by atoms with van der Waals surface area (Å²) in [5.41, 5.74) is 0. The molecule has 0 aromatic carbocycles. The molecular weight excluding hydrogens is 272 g/mol. The lowest BCUT2D eigenvalue weighted by atomic mass is 10.0. The summed E-state index contributed by atoms with van der Waals surface area (Å²) in [5, 5.41) is 0. The second-order valence-electron chi connectivity index (χ2n) is 6.91. The Morgan fingerprint density at radius 1 is 1.00 bits per heavy atom. The molecule has 1 unspecified atom stereocenters. The van der Waals surface area contributed by atoms with Crippen LogP contribution < -0.4 is 0 Å². The lowest BCUT2D eigenvalue weighted by Gasteiger charge is -2.12. The molecule has 0 amide bonds. The average molecular weight is 309 g/mol. The Hall–Kier alpha value is -0.790. The Labute approximate surface area is 137 Å². The van der Waals surface area contributed by atoms with Crippen molar-refractivity contribution in [1.29, 1.82) is 0 Å².